The van der Waals surface area contributed by atoms with Gasteiger partial charge in [0.25, 0.3) is 5.91 Å². The van der Waals surface area contributed by atoms with Gasteiger partial charge in [0.05, 0.1) is 13.5 Å². The minimum Gasteiger partial charge on any atom is -0.497 e. The van der Waals surface area contributed by atoms with E-state index in [9.17, 15) is 9.59 Å². The molecule has 176 valence electrons. The lowest BCUT2D eigenvalue weighted by Crippen LogP contribution is -2.47. The molecule has 0 radical (unpaired) electrons. The van der Waals surface area contributed by atoms with Gasteiger partial charge in [-0.25, -0.2) is 0 Å². The van der Waals surface area contributed by atoms with E-state index in [4.69, 9.17) is 4.74 Å². The van der Waals surface area contributed by atoms with E-state index in [0.717, 1.165) is 37.1 Å². The third-order valence-electron chi connectivity index (χ3n) is 6.13. The number of piperidine rings is 1. The molecular formula is C27H30N4O3. The fourth-order valence-electron chi connectivity index (χ4n) is 4.29. The molecule has 1 aromatic heterocycles. The average Bonchev–Trinajstić information content (AvgIpc) is 2.89. The van der Waals surface area contributed by atoms with Gasteiger partial charge < -0.3 is 20.3 Å². The van der Waals surface area contributed by atoms with E-state index in [2.05, 4.69) is 20.5 Å². The molecule has 7 heteroatoms. The Labute approximate surface area is 200 Å². The Balaban J connectivity index is 1.36. The summed E-state index contributed by atoms with van der Waals surface area (Å²) in [5.74, 6) is 0.395. The van der Waals surface area contributed by atoms with E-state index in [1.165, 1.54) is 0 Å². The van der Waals surface area contributed by atoms with Crippen molar-refractivity contribution in [3.05, 3.63) is 84.2 Å². The molecule has 1 aliphatic rings. The number of hydrogen-bond acceptors (Lipinski definition) is 5. The Bertz CT molecular complexity index is 1100. The second-order valence-electron chi connectivity index (χ2n) is 8.37. The monoisotopic (exact) mass is 458 g/mol. The molecule has 2 N–H and O–H groups in total. The van der Waals surface area contributed by atoms with Crippen LogP contribution in [0.4, 0.5) is 11.4 Å². The van der Waals surface area contributed by atoms with Crippen molar-refractivity contribution in [1.29, 1.82) is 0 Å². The van der Waals surface area contributed by atoms with Gasteiger partial charge in [0, 0.05) is 48.5 Å². The normalized spacial score (nSPS) is 15.4. The van der Waals surface area contributed by atoms with E-state index < -0.39 is 0 Å². The summed E-state index contributed by atoms with van der Waals surface area (Å²) < 4.78 is 5.15. The highest BCUT2D eigenvalue weighted by molar-refractivity contribution is 6.05. The van der Waals surface area contributed by atoms with Crippen molar-refractivity contribution >= 4 is 23.2 Å². The number of amides is 2. The maximum Gasteiger partial charge on any atom is 0.255 e. The van der Waals surface area contributed by atoms with Crippen LogP contribution in [-0.4, -0.2) is 43.0 Å². The van der Waals surface area contributed by atoms with Gasteiger partial charge in [0.1, 0.15) is 5.75 Å². The van der Waals surface area contributed by atoms with Crippen LogP contribution in [0.5, 0.6) is 5.75 Å². The molecule has 7 nitrogen and oxygen atoms in total. The minimum atomic E-state index is -0.231. The quantitative estimate of drug-likeness (QED) is 0.532. The van der Waals surface area contributed by atoms with Crippen LogP contribution in [0.15, 0.2) is 73.1 Å². The first-order chi connectivity index (χ1) is 16.6. The van der Waals surface area contributed by atoms with Crippen molar-refractivity contribution in [3.63, 3.8) is 0 Å². The molecule has 34 heavy (non-hydrogen) atoms. The number of benzene rings is 2. The van der Waals surface area contributed by atoms with Crippen LogP contribution in [0.25, 0.3) is 0 Å². The second-order valence-corrected chi connectivity index (χ2v) is 8.37. The zero-order valence-electron chi connectivity index (χ0n) is 19.4. The smallest absolute Gasteiger partial charge is 0.255 e. The third kappa shape index (κ3) is 5.92. The summed E-state index contributed by atoms with van der Waals surface area (Å²) in [5.41, 5.74) is 3.07. The van der Waals surface area contributed by atoms with Crippen molar-refractivity contribution in [2.45, 2.75) is 31.7 Å². The number of pyridine rings is 1. The highest BCUT2D eigenvalue weighted by atomic mass is 16.5. The maximum absolute atomic E-state index is 12.8. The number of aromatic nitrogens is 1. The number of nitrogens with zero attached hydrogens (tertiary/aromatic N) is 2. The van der Waals surface area contributed by atoms with E-state index in [1.54, 1.807) is 43.8 Å². The number of methoxy groups -OCH3 is 1. The Morgan fingerprint density at radius 3 is 2.56 bits per heavy atom. The Kier molecular flexibility index (Phi) is 7.75. The number of carbonyl (C=O) groups excluding carboxylic acids is 2. The molecule has 1 atom stereocenters. The highest BCUT2D eigenvalue weighted by Gasteiger charge is 2.23. The number of hydrogen-bond donors (Lipinski definition) is 2. The predicted octanol–water partition coefficient (Wildman–Crippen LogP) is 4.06. The molecule has 2 heterocycles. The fourth-order valence-corrected chi connectivity index (χ4v) is 4.29. The lowest BCUT2D eigenvalue weighted by Gasteiger charge is -2.37. The number of carbonyl (C=O) groups is 2. The molecule has 1 fully saturated rings. The van der Waals surface area contributed by atoms with Gasteiger partial charge in [-0.2, -0.15) is 0 Å². The van der Waals surface area contributed by atoms with Crippen LogP contribution in [0.2, 0.25) is 0 Å². The number of anilines is 2. The van der Waals surface area contributed by atoms with Gasteiger partial charge in [0.15, 0.2) is 0 Å². The molecule has 0 bridgehead atoms. The van der Waals surface area contributed by atoms with Crippen molar-refractivity contribution in [1.82, 2.24) is 10.3 Å². The lowest BCUT2D eigenvalue weighted by molar-refractivity contribution is -0.120. The fraction of sp³-hybridized carbons (Fsp3) is 0.296. The summed E-state index contributed by atoms with van der Waals surface area (Å²) in [7, 11) is 1.58. The van der Waals surface area contributed by atoms with Crippen LogP contribution in [0.3, 0.4) is 0 Å². The number of nitrogens with one attached hydrogen (secondary N) is 2. The van der Waals surface area contributed by atoms with Crippen LogP contribution >= 0.6 is 0 Å². The molecule has 1 unspecified atom stereocenters. The predicted molar refractivity (Wildman–Crippen MR) is 133 cm³/mol. The molecule has 2 amide bonds. The number of ether oxygens (including phenoxy) is 1. The minimum absolute atomic E-state index is 0.0635. The zero-order chi connectivity index (χ0) is 23.8. The van der Waals surface area contributed by atoms with Crippen molar-refractivity contribution in [2.75, 3.05) is 30.4 Å². The molecule has 3 aromatic rings. The highest BCUT2D eigenvalue weighted by Crippen LogP contribution is 2.24. The summed E-state index contributed by atoms with van der Waals surface area (Å²) in [6, 6.07) is 18.6. The SMILES string of the molecule is COc1ccc(C(=O)Nc2ccccc2CC(=O)NCC2CCCCN2c2ccncc2)cc1. The number of para-hydroxylation sites is 1. The van der Waals surface area contributed by atoms with Crippen molar-refractivity contribution in [3.8, 4) is 5.75 Å². The van der Waals surface area contributed by atoms with Crippen LogP contribution in [-0.2, 0) is 11.2 Å². The first kappa shape index (κ1) is 23.3. The topological polar surface area (TPSA) is 83.6 Å². The zero-order valence-corrected chi connectivity index (χ0v) is 19.4. The molecule has 1 aliphatic heterocycles. The summed E-state index contributed by atoms with van der Waals surface area (Å²) in [6.45, 7) is 1.56. The molecule has 0 spiro atoms. The standard InChI is InChI=1S/C27H30N4O3/c1-34-24-11-9-20(10-12-24)27(33)30-25-8-3-2-6-21(25)18-26(32)29-19-23-7-4-5-17-31(23)22-13-15-28-16-14-22/h2-3,6,8-16,23H,4-5,7,17-19H2,1H3,(H,29,32)(H,30,33). The molecular weight excluding hydrogens is 428 g/mol. The maximum atomic E-state index is 12.8. The molecule has 0 saturated carbocycles. The van der Waals surface area contributed by atoms with Crippen LogP contribution in [0.1, 0.15) is 35.2 Å². The molecule has 0 aliphatic carbocycles. The van der Waals surface area contributed by atoms with E-state index in [1.807, 2.05) is 36.4 Å². The summed E-state index contributed by atoms with van der Waals surface area (Å²) in [6.07, 6.45) is 7.14. The van der Waals surface area contributed by atoms with Gasteiger partial charge >= 0.3 is 0 Å². The van der Waals surface area contributed by atoms with Gasteiger partial charge in [-0.05, 0) is 67.3 Å². The van der Waals surface area contributed by atoms with Crippen LogP contribution < -0.4 is 20.3 Å². The van der Waals surface area contributed by atoms with E-state index in [0.29, 0.717) is 23.5 Å². The van der Waals surface area contributed by atoms with Crippen molar-refractivity contribution in [2.24, 2.45) is 0 Å². The van der Waals surface area contributed by atoms with Gasteiger partial charge in [-0.3, -0.25) is 14.6 Å². The summed E-state index contributed by atoms with van der Waals surface area (Å²) in [4.78, 5) is 32.0. The Morgan fingerprint density at radius 1 is 1.03 bits per heavy atom. The summed E-state index contributed by atoms with van der Waals surface area (Å²) >= 11 is 0. The Morgan fingerprint density at radius 2 is 1.79 bits per heavy atom. The Hall–Kier alpha value is -3.87. The first-order valence-corrected chi connectivity index (χ1v) is 11.6. The largest absolute Gasteiger partial charge is 0.497 e. The first-order valence-electron chi connectivity index (χ1n) is 11.6. The third-order valence-corrected chi connectivity index (χ3v) is 6.13. The molecule has 2 aromatic carbocycles. The van der Waals surface area contributed by atoms with Gasteiger partial charge in [-0.15, -0.1) is 0 Å². The van der Waals surface area contributed by atoms with Gasteiger partial charge in [-0.1, -0.05) is 18.2 Å². The summed E-state index contributed by atoms with van der Waals surface area (Å²) in [5, 5.41) is 6.03. The van der Waals surface area contributed by atoms with Crippen LogP contribution in [0, 0.1) is 0 Å². The number of rotatable bonds is 8. The molecule has 4 rings (SSSR count). The molecule has 1 saturated heterocycles. The van der Waals surface area contributed by atoms with E-state index in [-0.39, 0.29) is 24.3 Å². The van der Waals surface area contributed by atoms with Gasteiger partial charge in [0.2, 0.25) is 5.91 Å². The average molecular weight is 459 g/mol. The second kappa shape index (κ2) is 11.3. The lowest BCUT2D eigenvalue weighted by atomic mass is 10.0. The van der Waals surface area contributed by atoms with E-state index >= 15 is 0 Å². The van der Waals surface area contributed by atoms with Crippen molar-refractivity contribution < 1.29 is 14.3 Å².